The minimum atomic E-state index is -0.178. The quantitative estimate of drug-likeness (QED) is 0.574. The number of nitrogens with two attached hydrogens (primary N) is 2. The minimum Gasteiger partial charge on any atom is -0.377 e. The molecule has 0 atom stereocenters. The molecular formula is C7H9FN2S. The summed E-state index contributed by atoms with van der Waals surface area (Å²) in [5.41, 5.74) is 9.24. The maximum Gasteiger partial charge on any atom is 0.160 e. The average Bonchev–Trinajstić information content (AvgIpc) is 1.87. The summed E-state index contributed by atoms with van der Waals surface area (Å²) in [5.74, 6) is -0.178. The van der Waals surface area contributed by atoms with E-state index >= 15 is 0 Å². The Bertz CT molecular complexity index is 209. The molecule has 0 fully saturated rings. The summed E-state index contributed by atoms with van der Waals surface area (Å²) in [4.78, 5) is 0. The number of hydrogen-bond acceptors (Lipinski definition) is 1. The molecule has 0 aromatic heterocycles. The van der Waals surface area contributed by atoms with Crippen LogP contribution in [0, 0.1) is 5.82 Å². The molecule has 2 nitrogen and oxygen atoms in total. The lowest BCUT2D eigenvalue weighted by Gasteiger charge is -1.78. The van der Waals surface area contributed by atoms with Crippen molar-refractivity contribution >= 4 is 17.3 Å². The first kappa shape index (κ1) is 9.84. The maximum absolute atomic E-state index is 11.9. The molecule has 0 amide bonds. The zero-order valence-corrected chi connectivity index (χ0v) is 6.64. The number of thiocarbonyl (C=S) groups is 1. The van der Waals surface area contributed by atoms with Gasteiger partial charge in [0, 0.05) is 0 Å². The number of halogens is 1. The lowest BCUT2D eigenvalue weighted by atomic mass is 10.4. The zero-order valence-electron chi connectivity index (χ0n) is 5.83. The topological polar surface area (TPSA) is 52.0 Å². The van der Waals surface area contributed by atoms with Crippen LogP contribution in [0.3, 0.4) is 0 Å². The molecule has 0 heterocycles. The second-order valence-corrected chi connectivity index (χ2v) is 2.17. The van der Waals surface area contributed by atoms with Gasteiger partial charge in [0.25, 0.3) is 0 Å². The lowest BCUT2D eigenvalue weighted by molar-refractivity contribution is 0.628. The second kappa shape index (κ2) is 5.61. The van der Waals surface area contributed by atoms with Crippen LogP contribution in [-0.2, 0) is 0 Å². The summed E-state index contributed by atoms with van der Waals surface area (Å²) in [6.07, 6.45) is 0. The highest BCUT2D eigenvalue weighted by Crippen LogP contribution is 1.91. The Balaban J connectivity index is 0.000000218. The zero-order chi connectivity index (χ0) is 8.69. The van der Waals surface area contributed by atoms with Crippen LogP contribution in [0.4, 0.5) is 4.39 Å². The summed E-state index contributed by atoms with van der Waals surface area (Å²) >= 11 is 4.09. The molecule has 0 aliphatic rings. The molecule has 0 bridgehead atoms. The Labute approximate surface area is 70.0 Å². The smallest absolute Gasteiger partial charge is 0.160 e. The molecule has 0 spiro atoms. The number of rotatable bonds is 0. The molecule has 1 rings (SSSR count). The predicted octanol–water partition coefficient (Wildman–Crippen LogP) is 1.01. The number of benzene rings is 1. The Morgan fingerprint density at radius 3 is 1.73 bits per heavy atom. The fourth-order valence-corrected chi connectivity index (χ4v) is 0.415. The second-order valence-electron chi connectivity index (χ2n) is 1.70. The van der Waals surface area contributed by atoms with Crippen molar-refractivity contribution in [3.8, 4) is 0 Å². The molecule has 0 saturated carbocycles. The van der Waals surface area contributed by atoms with Gasteiger partial charge in [-0.2, -0.15) is 0 Å². The Morgan fingerprint density at radius 2 is 1.55 bits per heavy atom. The average molecular weight is 172 g/mol. The van der Waals surface area contributed by atoms with Crippen molar-refractivity contribution < 1.29 is 4.39 Å². The van der Waals surface area contributed by atoms with Gasteiger partial charge in [0.05, 0.1) is 0 Å². The monoisotopic (exact) mass is 172 g/mol. The van der Waals surface area contributed by atoms with Crippen molar-refractivity contribution in [2.75, 3.05) is 0 Å². The third-order valence-corrected chi connectivity index (χ3v) is 0.733. The first-order valence-corrected chi connectivity index (χ1v) is 3.29. The van der Waals surface area contributed by atoms with E-state index in [1.165, 1.54) is 12.1 Å². The van der Waals surface area contributed by atoms with Crippen LogP contribution in [0.2, 0.25) is 0 Å². The van der Waals surface area contributed by atoms with Crippen LogP contribution in [0.5, 0.6) is 0 Å². The summed E-state index contributed by atoms with van der Waals surface area (Å²) in [7, 11) is 0. The van der Waals surface area contributed by atoms with Crippen molar-refractivity contribution in [3.63, 3.8) is 0 Å². The van der Waals surface area contributed by atoms with E-state index in [0.717, 1.165) is 0 Å². The number of hydrogen-bond donors (Lipinski definition) is 2. The summed E-state index contributed by atoms with van der Waals surface area (Å²) in [5, 5.41) is 0.000000000000000222. The molecular weight excluding hydrogens is 163 g/mol. The SMILES string of the molecule is Fc1ccccc1.NC(N)=S. The van der Waals surface area contributed by atoms with Crippen LogP contribution in [-0.4, -0.2) is 5.11 Å². The highest BCUT2D eigenvalue weighted by molar-refractivity contribution is 7.80. The molecule has 0 aliphatic carbocycles. The van der Waals surface area contributed by atoms with Crippen LogP contribution in [0.15, 0.2) is 30.3 Å². The molecule has 1 aromatic rings. The van der Waals surface area contributed by atoms with Crippen LogP contribution in [0.25, 0.3) is 0 Å². The lowest BCUT2D eigenvalue weighted by Crippen LogP contribution is -2.18. The largest absolute Gasteiger partial charge is 0.377 e. The molecule has 1 aromatic carbocycles. The van der Waals surface area contributed by atoms with Crippen molar-refractivity contribution in [2.45, 2.75) is 0 Å². The molecule has 11 heavy (non-hydrogen) atoms. The van der Waals surface area contributed by atoms with Crippen LogP contribution in [0.1, 0.15) is 0 Å². The first-order chi connectivity index (χ1) is 5.13. The Kier molecular flexibility index (Phi) is 5.02. The van der Waals surface area contributed by atoms with Gasteiger partial charge >= 0.3 is 0 Å². The minimum absolute atomic E-state index is 0.000000000000000222. The van der Waals surface area contributed by atoms with E-state index in [9.17, 15) is 4.39 Å². The Morgan fingerprint density at radius 1 is 1.18 bits per heavy atom. The maximum atomic E-state index is 11.9. The van der Waals surface area contributed by atoms with Gasteiger partial charge in [0.1, 0.15) is 5.82 Å². The van der Waals surface area contributed by atoms with Gasteiger partial charge < -0.3 is 11.5 Å². The Hall–Kier alpha value is -1.16. The van der Waals surface area contributed by atoms with E-state index in [1.807, 2.05) is 0 Å². The van der Waals surface area contributed by atoms with Crippen molar-refractivity contribution in [1.82, 2.24) is 0 Å². The van der Waals surface area contributed by atoms with Crippen LogP contribution >= 0.6 is 12.2 Å². The van der Waals surface area contributed by atoms with Gasteiger partial charge in [0.2, 0.25) is 0 Å². The third-order valence-electron chi connectivity index (χ3n) is 0.733. The fraction of sp³-hybridized carbons (Fsp3) is 0. The molecule has 0 radical (unpaired) electrons. The standard InChI is InChI=1S/C6H5F.CH4N2S/c7-6-4-2-1-3-5-6;2-1(3)4/h1-5H;(H4,2,3,4). The van der Waals surface area contributed by atoms with Gasteiger partial charge in [-0.05, 0) is 24.4 Å². The summed E-state index contributed by atoms with van der Waals surface area (Å²) in [6, 6.07) is 7.94. The van der Waals surface area contributed by atoms with Crippen molar-refractivity contribution in [3.05, 3.63) is 36.1 Å². The van der Waals surface area contributed by atoms with Crippen molar-refractivity contribution in [1.29, 1.82) is 0 Å². The normalized spacial score (nSPS) is 7.73. The van der Waals surface area contributed by atoms with E-state index in [4.69, 9.17) is 0 Å². The van der Waals surface area contributed by atoms with Gasteiger partial charge in [-0.1, -0.05) is 18.2 Å². The van der Waals surface area contributed by atoms with E-state index in [0.29, 0.717) is 0 Å². The summed E-state index contributed by atoms with van der Waals surface area (Å²) in [6.45, 7) is 0. The molecule has 0 unspecified atom stereocenters. The van der Waals surface area contributed by atoms with E-state index in [2.05, 4.69) is 23.7 Å². The van der Waals surface area contributed by atoms with Gasteiger partial charge in [-0.3, -0.25) is 0 Å². The third kappa shape index (κ3) is 8.84. The van der Waals surface area contributed by atoms with Gasteiger partial charge in [-0.15, -0.1) is 0 Å². The molecule has 60 valence electrons. The summed E-state index contributed by atoms with van der Waals surface area (Å²) < 4.78 is 11.9. The van der Waals surface area contributed by atoms with Gasteiger partial charge in [0.15, 0.2) is 5.11 Å². The molecule has 4 N–H and O–H groups in total. The molecule has 0 aliphatic heterocycles. The van der Waals surface area contributed by atoms with E-state index < -0.39 is 0 Å². The fourth-order valence-electron chi connectivity index (χ4n) is 0.415. The first-order valence-electron chi connectivity index (χ1n) is 2.88. The van der Waals surface area contributed by atoms with E-state index in [1.54, 1.807) is 18.2 Å². The predicted molar refractivity (Wildman–Crippen MR) is 47.4 cm³/mol. The highest BCUT2D eigenvalue weighted by atomic mass is 32.1. The van der Waals surface area contributed by atoms with Crippen molar-refractivity contribution in [2.24, 2.45) is 11.5 Å². The van der Waals surface area contributed by atoms with Crippen LogP contribution < -0.4 is 11.5 Å². The van der Waals surface area contributed by atoms with Gasteiger partial charge in [-0.25, -0.2) is 4.39 Å². The molecule has 4 heteroatoms. The molecule has 0 saturated heterocycles. The van der Waals surface area contributed by atoms with E-state index in [-0.39, 0.29) is 10.9 Å². The highest BCUT2D eigenvalue weighted by Gasteiger charge is 1.77.